The summed E-state index contributed by atoms with van der Waals surface area (Å²) in [5, 5.41) is 24.5. The van der Waals surface area contributed by atoms with E-state index in [0.29, 0.717) is 5.01 Å². The van der Waals surface area contributed by atoms with Crippen LogP contribution in [0.5, 0.6) is 0 Å². The van der Waals surface area contributed by atoms with E-state index in [2.05, 4.69) is 10.6 Å². The highest BCUT2D eigenvalue weighted by Gasteiger charge is 2.56. The zero-order chi connectivity index (χ0) is 23.5. The number of alkyl halides is 1. The van der Waals surface area contributed by atoms with Gasteiger partial charge in [-0.3, -0.25) is 0 Å². The molecule has 1 aromatic carbocycles. The van der Waals surface area contributed by atoms with E-state index >= 15 is 0 Å². The van der Waals surface area contributed by atoms with Gasteiger partial charge in [0, 0.05) is 18.0 Å². The summed E-state index contributed by atoms with van der Waals surface area (Å²) in [4.78, 5) is 35.4. The Kier molecular flexibility index (Phi) is 7.61. The molecule has 2 aliphatic rings. The van der Waals surface area contributed by atoms with Crippen molar-refractivity contribution in [2.75, 3.05) is 19.0 Å². The minimum absolute atomic E-state index is 0.00933. The van der Waals surface area contributed by atoms with Gasteiger partial charge in [-0.05, 0) is 26.0 Å². The lowest BCUT2D eigenvalue weighted by molar-refractivity contribution is -0.991. The number of nitrogens with one attached hydrogen (secondary N) is 2. The molecule has 5 atom stereocenters. The summed E-state index contributed by atoms with van der Waals surface area (Å²) < 4.78 is 22.7. The Balaban J connectivity index is 1.64. The predicted octanol–water partition coefficient (Wildman–Crippen LogP) is 0.424. The molecule has 2 amide bonds. The maximum absolute atomic E-state index is 12.3. The van der Waals surface area contributed by atoms with E-state index in [1.165, 1.54) is 24.3 Å². The molecular formula is C18H23ClN4O9. The third kappa shape index (κ3) is 5.50. The van der Waals surface area contributed by atoms with Gasteiger partial charge in [-0.15, -0.1) is 16.5 Å². The van der Waals surface area contributed by atoms with Crippen molar-refractivity contribution in [1.29, 1.82) is 0 Å². The van der Waals surface area contributed by atoms with Crippen LogP contribution < -0.4 is 10.5 Å². The van der Waals surface area contributed by atoms with Gasteiger partial charge < -0.3 is 29.5 Å². The van der Waals surface area contributed by atoms with E-state index in [1.54, 1.807) is 13.8 Å². The quantitative estimate of drug-likeness (QED) is 0.209. The molecule has 0 spiro atoms. The van der Waals surface area contributed by atoms with Crippen molar-refractivity contribution in [3.63, 3.8) is 0 Å². The number of halogens is 1. The largest absolute Gasteiger partial charge is 0.595 e. The number of nitrogens with zero attached hydrogens (tertiary/aromatic N) is 2. The maximum atomic E-state index is 12.3. The molecule has 176 valence electrons. The van der Waals surface area contributed by atoms with Gasteiger partial charge in [0.1, 0.15) is 24.9 Å². The van der Waals surface area contributed by atoms with E-state index in [-0.39, 0.29) is 30.3 Å². The zero-order valence-corrected chi connectivity index (χ0v) is 18.0. The lowest BCUT2D eigenvalue weighted by atomic mass is 10.1. The number of amides is 2. The fourth-order valence-electron chi connectivity index (χ4n) is 3.38. The molecule has 0 aliphatic carbocycles. The number of carbonyl (C=O) groups excluding carboxylic acids is 2. The van der Waals surface area contributed by atoms with Crippen LogP contribution in [0.3, 0.4) is 0 Å². The van der Waals surface area contributed by atoms with Crippen molar-refractivity contribution in [2.45, 2.75) is 44.2 Å². The first-order valence-electron chi connectivity index (χ1n) is 9.64. The van der Waals surface area contributed by atoms with Crippen molar-refractivity contribution >= 4 is 29.3 Å². The summed E-state index contributed by atoms with van der Waals surface area (Å²) in [6.45, 7) is 3.06. The van der Waals surface area contributed by atoms with Gasteiger partial charge >= 0.3 is 12.0 Å². The first kappa shape index (κ1) is 24.3. The van der Waals surface area contributed by atoms with Gasteiger partial charge in [-0.2, -0.15) is 10.2 Å². The van der Waals surface area contributed by atoms with Crippen LogP contribution in [0.15, 0.2) is 29.6 Å². The number of rotatable bonds is 8. The summed E-state index contributed by atoms with van der Waals surface area (Å²) in [5.41, 5.74) is 0.195. The Morgan fingerprint density at radius 3 is 2.56 bits per heavy atom. The molecule has 0 radical (unpaired) electrons. The van der Waals surface area contributed by atoms with E-state index in [4.69, 9.17) is 35.8 Å². The number of esters is 1. The summed E-state index contributed by atoms with van der Waals surface area (Å²) in [6, 6.07) is 4.42. The Morgan fingerprint density at radius 1 is 1.31 bits per heavy atom. The van der Waals surface area contributed by atoms with Crippen LogP contribution in [-0.2, 0) is 18.9 Å². The van der Waals surface area contributed by atoms with E-state index < -0.39 is 47.6 Å². The third-order valence-electron chi connectivity index (χ3n) is 4.79. The summed E-state index contributed by atoms with van der Waals surface area (Å²) in [6.07, 6.45) is -3.16. The highest BCUT2D eigenvalue weighted by Crippen LogP contribution is 2.38. The van der Waals surface area contributed by atoms with Gasteiger partial charge in [0.25, 0.3) is 0 Å². The number of quaternary nitrogens is 1. The number of urea groups is 1. The average Bonchev–Trinajstić information content (AvgIpc) is 3.23. The van der Waals surface area contributed by atoms with Gasteiger partial charge in [0.05, 0.1) is 17.4 Å². The van der Waals surface area contributed by atoms with Crippen LogP contribution in [0.1, 0.15) is 24.2 Å². The van der Waals surface area contributed by atoms with E-state index in [0.717, 1.165) is 0 Å². The Labute approximate surface area is 187 Å². The second-order valence-corrected chi connectivity index (χ2v) is 7.86. The molecule has 13 nitrogen and oxygen atoms in total. The monoisotopic (exact) mass is 474 g/mol. The Bertz CT molecular complexity index is 838. The molecule has 3 rings (SSSR count). The number of ether oxygens (including phenoxy) is 4. The Hall–Kier alpha value is -2.39. The second-order valence-electron chi connectivity index (χ2n) is 7.48. The topological polar surface area (TPSA) is 163 Å². The first-order valence-corrected chi connectivity index (χ1v) is 10.2. The molecule has 1 aromatic rings. The summed E-state index contributed by atoms with van der Waals surface area (Å²) >= 11 is 5.56. The molecule has 14 heteroatoms. The molecule has 3 N–H and O–H groups in total. The van der Waals surface area contributed by atoms with Crippen molar-refractivity contribution in [1.82, 2.24) is 10.3 Å². The SMILES string of the molecule is CC1(C)O[C@@H]2[C@@H](COC(=O)c3ccc([NH+]([O-])O)cc3)OC(NC(=O)N(CCCl)N=O)[C@@H]2O1. The predicted molar refractivity (Wildman–Crippen MR) is 107 cm³/mol. The average molecular weight is 475 g/mol. The van der Waals surface area contributed by atoms with Crippen LogP contribution >= 0.6 is 11.6 Å². The lowest BCUT2D eigenvalue weighted by Crippen LogP contribution is -2.99. The number of fused-ring (bicyclic) bond motifs is 1. The van der Waals surface area contributed by atoms with Gasteiger partial charge in [0.2, 0.25) is 0 Å². The molecule has 0 aromatic heterocycles. The molecule has 2 heterocycles. The van der Waals surface area contributed by atoms with Gasteiger partial charge in [-0.1, -0.05) is 0 Å². The van der Waals surface area contributed by atoms with Crippen LogP contribution in [0.4, 0.5) is 10.5 Å². The number of benzene rings is 1. The highest BCUT2D eigenvalue weighted by atomic mass is 35.5. The number of carbonyl (C=O) groups is 2. The van der Waals surface area contributed by atoms with E-state index in [1.807, 2.05) is 0 Å². The highest BCUT2D eigenvalue weighted by molar-refractivity contribution is 6.18. The third-order valence-corrected chi connectivity index (χ3v) is 4.96. The molecule has 0 bridgehead atoms. The minimum atomic E-state index is -1.11. The number of hydrogen-bond donors (Lipinski definition) is 3. The smallest absolute Gasteiger partial charge is 0.342 e. The van der Waals surface area contributed by atoms with Crippen LogP contribution in [0.2, 0.25) is 0 Å². The van der Waals surface area contributed by atoms with Crippen LogP contribution in [0.25, 0.3) is 0 Å². The standard InChI is InChI=1S/C18H23ClN4O9/c1-18(2)31-13-12(9-29-16(24)10-3-5-11(6-4-10)23(27)28)30-15(14(13)32-18)20-17(25)22(21-26)8-7-19/h3-6,12-15,23,27H,7-9H2,1-2H3,(H,20,25)/t12-,13-,14-,15?/m1/s1. The van der Waals surface area contributed by atoms with E-state index in [9.17, 15) is 19.7 Å². The molecule has 2 unspecified atom stereocenters. The van der Waals surface area contributed by atoms with Crippen molar-refractivity contribution in [3.8, 4) is 0 Å². The van der Waals surface area contributed by atoms with Gasteiger partial charge in [0.15, 0.2) is 17.7 Å². The number of hydrogen-bond acceptors (Lipinski definition) is 10. The molecule has 32 heavy (non-hydrogen) atoms. The van der Waals surface area contributed by atoms with Gasteiger partial charge in [-0.25, -0.2) is 14.8 Å². The zero-order valence-electron chi connectivity index (χ0n) is 17.2. The van der Waals surface area contributed by atoms with Crippen molar-refractivity contribution < 1.29 is 39.0 Å². The lowest BCUT2D eigenvalue weighted by Gasteiger charge is -2.25. The number of nitroso groups, excluding NO2 is 1. The minimum Gasteiger partial charge on any atom is -0.595 e. The molecular weight excluding hydrogens is 452 g/mol. The molecule has 2 saturated heterocycles. The normalized spacial score (nSPS) is 26.8. The second kappa shape index (κ2) is 10.0. The van der Waals surface area contributed by atoms with Crippen molar-refractivity contribution in [2.24, 2.45) is 5.29 Å². The fourth-order valence-corrected chi connectivity index (χ4v) is 3.54. The molecule has 2 aliphatic heterocycles. The van der Waals surface area contributed by atoms with Crippen LogP contribution in [-0.4, -0.2) is 71.6 Å². The summed E-state index contributed by atoms with van der Waals surface area (Å²) in [7, 11) is 0. The maximum Gasteiger partial charge on any atom is 0.342 e. The van der Waals surface area contributed by atoms with Crippen molar-refractivity contribution in [3.05, 3.63) is 39.9 Å². The Morgan fingerprint density at radius 2 is 1.97 bits per heavy atom. The fraction of sp³-hybridized carbons (Fsp3) is 0.556. The first-order chi connectivity index (χ1) is 15.1. The molecule has 0 saturated carbocycles. The molecule has 2 fully saturated rings. The van der Waals surface area contributed by atoms with Crippen LogP contribution in [0, 0.1) is 10.1 Å². The summed E-state index contributed by atoms with van der Waals surface area (Å²) in [5.74, 6) is -1.66.